The summed E-state index contributed by atoms with van der Waals surface area (Å²) in [5.74, 6) is 1.34. The van der Waals surface area contributed by atoms with Crippen LogP contribution in [-0.4, -0.2) is 24.5 Å². The standard InChI is InChI=1S/C18H26N2O3/c1-12-7-6-9-15(13(12)2)20-18(22)11-23-17-10-5-4-8-16(17)19-14(3)21/h4-5,8,10,12-13,15H,6-7,9,11H2,1-3H3,(H,19,21)(H,20,22)/t12-,13-,15-/m1/s1. The SMILES string of the molecule is CC(=O)Nc1ccccc1OCC(=O)N[C@@H]1CCC[C@@H](C)[C@H]1C. The van der Waals surface area contributed by atoms with Crippen molar-refractivity contribution in [1.29, 1.82) is 0 Å². The number of benzene rings is 1. The van der Waals surface area contributed by atoms with E-state index >= 15 is 0 Å². The summed E-state index contributed by atoms with van der Waals surface area (Å²) in [5.41, 5.74) is 0.576. The highest BCUT2D eigenvalue weighted by molar-refractivity contribution is 5.90. The van der Waals surface area contributed by atoms with Gasteiger partial charge in [-0.2, -0.15) is 0 Å². The molecule has 0 spiro atoms. The molecule has 1 saturated carbocycles. The lowest BCUT2D eigenvalue weighted by molar-refractivity contribution is -0.124. The van der Waals surface area contributed by atoms with E-state index in [4.69, 9.17) is 4.74 Å². The first-order chi connectivity index (χ1) is 11.0. The smallest absolute Gasteiger partial charge is 0.258 e. The molecule has 0 radical (unpaired) electrons. The molecular formula is C18H26N2O3. The Balaban J connectivity index is 1.88. The number of anilines is 1. The van der Waals surface area contributed by atoms with Gasteiger partial charge in [-0.3, -0.25) is 9.59 Å². The van der Waals surface area contributed by atoms with Crippen molar-refractivity contribution >= 4 is 17.5 Å². The van der Waals surface area contributed by atoms with Crippen LogP contribution in [0.25, 0.3) is 0 Å². The van der Waals surface area contributed by atoms with E-state index in [2.05, 4.69) is 24.5 Å². The first kappa shape index (κ1) is 17.3. The highest BCUT2D eigenvalue weighted by Crippen LogP contribution is 2.29. The summed E-state index contributed by atoms with van der Waals surface area (Å²) < 4.78 is 5.58. The normalized spacial score (nSPS) is 23.9. The maximum Gasteiger partial charge on any atom is 0.258 e. The molecule has 0 unspecified atom stereocenters. The van der Waals surface area contributed by atoms with Crippen molar-refractivity contribution in [3.8, 4) is 5.75 Å². The van der Waals surface area contributed by atoms with Crippen LogP contribution in [-0.2, 0) is 9.59 Å². The van der Waals surface area contributed by atoms with Crippen molar-refractivity contribution in [2.75, 3.05) is 11.9 Å². The Kier molecular flexibility index (Phi) is 6.02. The third kappa shape index (κ3) is 4.98. The van der Waals surface area contributed by atoms with E-state index in [-0.39, 0.29) is 24.5 Å². The number of nitrogens with one attached hydrogen (secondary N) is 2. The fourth-order valence-corrected chi connectivity index (χ4v) is 3.06. The van der Waals surface area contributed by atoms with E-state index < -0.39 is 0 Å². The maximum atomic E-state index is 12.1. The van der Waals surface area contributed by atoms with Crippen molar-refractivity contribution < 1.29 is 14.3 Å². The highest BCUT2D eigenvalue weighted by Gasteiger charge is 2.28. The van der Waals surface area contributed by atoms with E-state index in [0.29, 0.717) is 23.3 Å². The van der Waals surface area contributed by atoms with Gasteiger partial charge < -0.3 is 15.4 Å². The van der Waals surface area contributed by atoms with Gasteiger partial charge in [0.25, 0.3) is 5.91 Å². The average molecular weight is 318 g/mol. The van der Waals surface area contributed by atoms with Crippen LogP contribution in [0.1, 0.15) is 40.0 Å². The van der Waals surface area contributed by atoms with Crippen molar-refractivity contribution in [3.05, 3.63) is 24.3 Å². The van der Waals surface area contributed by atoms with E-state index in [1.54, 1.807) is 12.1 Å². The molecule has 0 saturated heterocycles. The Bertz CT molecular complexity index is 559. The number of hydrogen-bond acceptors (Lipinski definition) is 3. The monoisotopic (exact) mass is 318 g/mol. The zero-order chi connectivity index (χ0) is 16.8. The number of para-hydroxylation sites is 2. The van der Waals surface area contributed by atoms with Crippen molar-refractivity contribution in [2.45, 2.75) is 46.1 Å². The third-order valence-corrected chi connectivity index (χ3v) is 4.61. The van der Waals surface area contributed by atoms with Crippen molar-refractivity contribution in [3.63, 3.8) is 0 Å². The predicted octanol–water partition coefficient (Wildman–Crippen LogP) is 2.96. The summed E-state index contributed by atoms with van der Waals surface area (Å²) in [6, 6.07) is 7.33. The lowest BCUT2D eigenvalue weighted by Crippen LogP contribution is -2.45. The summed E-state index contributed by atoms with van der Waals surface area (Å²) in [4.78, 5) is 23.3. The lowest BCUT2D eigenvalue weighted by Gasteiger charge is -2.34. The number of carbonyl (C=O) groups excluding carboxylic acids is 2. The van der Waals surface area contributed by atoms with Crippen LogP contribution in [0, 0.1) is 11.8 Å². The van der Waals surface area contributed by atoms with Gasteiger partial charge >= 0.3 is 0 Å². The molecule has 0 aliphatic heterocycles. The Labute approximate surface area is 137 Å². The number of rotatable bonds is 5. The molecule has 126 valence electrons. The van der Waals surface area contributed by atoms with Gasteiger partial charge in [-0.05, 0) is 30.4 Å². The zero-order valence-electron chi connectivity index (χ0n) is 14.1. The fraction of sp³-hybridized carbons (Fsp3) is 0.556. The van der Waals surface area contributed by atoms with Crippen LogP contribution in [0.15, 0.2) is 24.3 Å². The fourth-order valence-electron chi connectivity index (χ4n) is 3.06. The minimum absolute atomic E-state index is 0.0474. The minimum Gasteiger partial charge on any atom is -0.482 e. The maximum absolute atomic E-state index is 12.1. The second-order valence-corrected chi connectivity index (χ2v) is 6.41. The number of amides is 2. The van der Waals surface area contributed by atoms with E-state index in [0.717, 1.165) is 12.8 Å². The van der Waals surface area contributed by atoms with Crippen LogP contribution in [0.2, 0.25) is 0 Å². The molecule has 23 heavy (non-hydrogen) atoms. The van der Waals surface area contributed by atoms with Crippen molar-refractivity contribution in [2.24, 2.45) is 11.8 Å². The van der Waals surface area contributed by atoms with Crippen LogP contribution in [0.5, 0.6) is 5.75 Å². The van der Waals surface area contributed by atoms with Gasteiger partial charge in [-0.1, -0.05) is 38.8 Å². The molecule has 0 bridgehead atoms. The Hall–Kier alpha value is -2.04. The Morgan fingerprint density at radius 3 is 2.70 bits per heavy atom. The van der Waals surface area contributed by atoms with Crippen molar-refractivity contribution in [1.82, 2.24) is 5.32 Å². The van der Waals surface area contributed by atoms with Crippen LogP contribution in [0.3, 0.4) is 0 Å². The lowest BCUT2D eigenvalue weighted by atomic mass is 9.78. The summed E-state index contributed by atoms with van der Waals surface area (Å²) in [5, 5.41) is 5.77. The second kappa shape index (κ2) is 7.99. The molecule has 0 aromatic heterocycles. The van der Waals surface area contributed by atoms with Gasteiger partial charge in [0.2, 0.25) is 5.91 Å². The van der Waals surface area contributed by atoms with Gasteiger partial charge in [0, 0.05) is 13.0 Å². The molecule has 1 aliphatic carbocycles. The minimum atomic E-state index is -0.171. The quantitative estimate of drug-likeness (QED) is 0.877. The van der Waals surface area contributed by atoms with Gasteiger partial charge in [-0.25, -0.2) is 0 Å². The number of ether oxygens (including phenoxy) is 1. The predicted molar refractivity (Wildman–Crippen MR) is 90.4 cm³/mol. The van der Waals surface area contributed by atoms with E-state index in [1.165, 1.54) is 13.3 Å². The topological polar surface area (TPSA) is 67.4 Å². The highest BCUT2D eigenvalue weighted by atomic mass is 16.5. The van der Waals surface area contributed by atoms with Gasteiger partial charge in [0.05, 0.1) is 5.69 Å². The molecule has 5 nitrogen and oxygen atoms in total. The van der Waals surface area contributed by atoms with Crippen LogP contribution < -0.4 is 15.4 Å². The van der Waals surface area contributed by atoms with Crippen LogP contribution >= 0.6 is 0 Å². The molecule has 1 fully saturated rings. The molecule has 2 rings (SSSR count). The summed E-state index contributed by atoms with van der Waals surface area (Å²) >= 11 is 0. The first-order valence-corrected chi connectivity index (χ1v) is 8.26. The largest absolute Gasteiger partial charge is 0.482 e. The molecule has 2 N–H and O–H groups in total. The Morgan fingerprint density at radius 1 is 1.22 bits per heavy atom. The summed E-state index contributed by atoms with van der Waals surface area (Å²) in [7, 11) is 0. The zero-order valence-corrected chi connectivity index (χ0v) is 14.1. The molecular weight excluding hydrogens is 292 g/mol. The summed E-state index contributed by atoms with van der Waals surface area (Å²) in [6.45, 7) is 5.83. The Morgan fingerprint density at radius 2 is 1.96 bits per heavy atom. The first-order valence-electron chi connectivity index (χ1n) is 8.26. The average Bonchev–Trinajstić information content (AvgIpc) is 2.50. The molecule has 1 aliphatic rings. The molecule has 5 heteroatoms. The van der Waals surface area contributed by atoms with E-state index in [1.807, 2.05) is 12.1 Å². The van der Waals surface area contributed by atoms with Crippen LogP contribution in [0.4, 0.5) is 5.69 Å². The molecule has 2 amide bonds. The van der Waals surface area contributed by atoms with Gasteiger partial charge in [0.15, 0.2) is 6.61 Å². The molecule has 1 aromatic carbocycles. The van der Waals surface area contributed by atoms with Gasteiger partial charge in [0.1, 0.15) is 5.75 Å². The molecule has 3 atom stereocenters. The number of carbonyl (C=O) groups is 2. The third-order valence-electron chi connectivity index (χ3n) is 4.61. The summed E-state index contributed by atoms with van der Waals surface area (Å²) in [6.07, 6.45) is 3.41. The number of hydrogen-bond donors (Lipinski definition) is 2. The second-order valence-electron chi connectivity index (χ2n) is 6.41. The van der Waals surface area contributed by atoms with Gasteiger partial charge in [-0.15, -0.1) is 0 Å². The molecule has 0 heterocycles. The molecule has 1 aromatic rings. The van der Waals surface area contributed by atoms with E-state index in [9.17, 15) is 9.59 Å².